The van der Waals surface area contributed by atoms with Crippen LogP contribution in [0.15, 0.2) is 60.4 Å². The standard InChI is InChI=1S/C24H18Cl2N2O5/c1-12-3-4-18(29)17(9-12)28-20(13-5-7-27-8-6-13)19(22(31)24(28)32)21(30)15-10-14(25)11-16(26)23(15)33-2/h3-11,20,29-30H,1-2H3/b21-19+. The third-order valence-electron chi connectivity index (χ3n) is 5.32. The highest BCUT2D eigenvalue weighted by Gasteiger charge is 2.48. The molecule has 1 atom stereocenters. The molecule has 168 valence electrons. The minimum absolute atomic E-state index is 0.0560. The second kappa shape index (κ2) is 8.77. The van der Waals surface area contributed by atoms with Gasteiger partial charge in [0.05, 0.1) is 35.0 Å². The minimum atomic E-state index is -1.05. The number of Topliss-reactive ketones (excluding diaryl/α,β-unsaturated/α-hetero) is 1. The van der Waals surface area contributed by atoms with Crippen LogP contribution < -0.4 is 9.64 Å². The van der Waals surface area contributed by atoms with Crippen molar-refractivity contribution in [2.45, 2.75) is 13.0 Å². The molecule has 0 saturated carbocycles. The molecule has 7 nitrogen and oxygen atoms in total. The van der Waals surface area contributed by atoms with E-state index in [4.69, 9.17) is 27.9 Å². The van der Waals surface area contributed by atoms with Crippen molar-refractivity contribution in [3.8, 4) is 11.5 Å². The summed E-state index contributed by atoms with van der Waals surface area (Å²) in [6, 6.07) is 9.71. The number of aliphatic hydroxyl groups excluding tert-OH is 1. The normalized spacial score (nSPS) is 17.5. The Bertz CT molecular complexity index is 1310. The van der Waals surface area contributed by atoms with Gasteiger partial charge in [-0.1, -0.05) is 29.3 Å². The SMILES string of the molecule is COc1c(Cl)cc(Cl)cc1/C(O)=C1\C(=O)C(=O)N(c2cc(C)ccc2O)C1c1ccncc1. The summed E-state index contributed by atoms with van der Waals surface area (Å²) in [4.78, 5) is 31.6. The number of rotatable bonds is 4. The van der Waals surface area contributed by atoms with Gasteiger partial charge in [-0.2, -0.15) is 0 Å². The second-order valence-corrected chi connectivity index (χ2v) is 8.25. The molecular weight excluding hydrogens is 467 g/mol. The van der Waals surface area contributed by atoms with Gasteiger partial charge in [-0.15, -0.1) is 0 Å². The number of carbonyl (C=O) groups excluding carboxylic acids is 2. The van der Waals surface area contributed by atoms with Crippen molar-refractivity contribution in [2.24, 2.45) is 0 Å². The summed E-state index contributed by atoms with van der Waals surface area (Å²) in [7, 11) is 1.36. The number of ether oxygens (including phenoxy) is 1. The third-order valence-corrected chi connectivity index (χ3v) is 5.82. The average molecular weight is 485 g/mol. The largest absolute Gasteiger partial charge is 0.507 e. The summed E-state index contributed by atoms with van der Waals surface area (Å²) in [5.74, 6) is -2.45. The highest BCUT2D eigenvalue weighted by molar-refractivity contribution is 6.52. The van der Waals surface area contributed by atoms with E-state index in [1.165, 1.54) is 37.7 Å². The molecule has 0 spiro atoms. The molecule has 0 radical (unpaired) electrons. The molecule has 1 aliphatic rings. The number of amides is 1. The summed E-state index contributed by atoms with van der Waals surface area (Å²) in [5.41, 5.74) is 1.25. The number of halogens is 2. The molecule has 1 amide bonds. The molecule has 9 heteroatoms. The molecule has 33 heavy (non-hydrogen) atoms. The van der Waals surface area contributed by atoms with Crippen LogP contribution in [0, 0.1) is 6.92 Å². The van der Waals surface area contributed by atoms with E-state index < -0.39 is 23.5 Å². The number of aliphatic hydroxyl groups is 1. The Hall–Kier alpha value is -3.55. The van der Waals surface area contributed by atoms with E-state index >= 15 is 0 Å². The number of nitrogens with zero attached hydrogens (tertiary/aromatic N) is 2. The second-order valence-electron chi connectivity index (χ2n) is 7.41. The van der Waals surface area contributed by atoms with Gasteiger partial charge in [-0.05, 0) is 54.4 Å². The van der Waals surface area contributed by atoms with Crippen molar-refractivity contribution in [2.75, 3.05) is 12.0 Å². The van der Waals surface area contributed by atoms with Crippen LogP contribution in [-0.4, -0.2) is 34.0 Å². The van der Waals surface area contributed by atoms with E-state index in [1.807, 2.05) is 0 Å². The Morgan fingerprint density at radius 1 is 1.09 bits per heavy atom. The van der Waals surface area contributed by atoms with Crippen LogP contribution in [0.25, 0.3) is 5.76 Å². The van der Waals surface area contributed by atoms with Crippen LogP contribution in [0.1, 0.15) is 22.7 Å². The van der Waals surface area contributed by atoms with Gasteiger partial charge in [-0.3, -0.25) is 19.5 Å². The number of benzene rings is 2. The number of anilines is 1. The lowest BCUT2D eigenvalue weighted by Crippen LogP contribution is -2.29. The molecule has 1 saturated heterocycles. The van der Waals surface area contributed by atoms with Gasteiger partial charge in [0.2, 0.25) is 0 Å². The predicted molar refractivity (Wildman–Crippen MR) is 125 cm³/mol. The first-order valence-electron chi connectivity index (χ1n) is 9.78. The molecular formula is C24H18Cl2N2O5. The van der Waals surface area contributed by atoms with Gasteiger partial charge >= 0.3 is 0 Å². The fraction of sp³-hybridized carbons (Fsp3) is 0.125. The molecule has 1 aromatic heterocycles. The third kappa shape index (κ3) is 3.90. The molecule has 1 unspecified atom stereocenters. The van der Waals surface area contributed by atoms with Gasteiger partial charge in [0.1, 0.15) is 17.3 Å². The number of methoxy groups -OCH3 is 1. The number of aryl methyl sites for hydroxylation is 1. The van der Waals surface area contributed by atoms with Crippen LogP contribution in [0.3, 0.4) is 0 Å². The monoisotopic (exact) mass is 484 g/mol. The van der Waals surface area contributed by atoms with E-state index in [-0.39, 0.29) is 38.4 Å². The minimum Gasteiger partial charge on any atom is -0.507 e. The van der Waals surface area contributed by atoms with E-state index in [1.54, 1.807) is 31.2 Å². The number of hydrogen-bond acceptors (Lipinski definition) is 6. The number of phenols is 1. The average Bonchev–Trinajstić information content (AvgIpc) is 3.05. The molecule has 0 aliphatic carbocycles. The molecule has 2 N–H and O–H groups in total. The first-order chi connectivity index (χ1) is 15.7. The number of hydrogen-bond donors (Lipinski definition) is 2. The number of aromatic hydroxyl groups is 1. The Kier molecular flexibility index (Phi) is 6.01. The fourth-order valence-electron chi connectivity index (χ4n) is 3.86. The number of phenolic OH excluding ortho intramolecular Hbond substituents is 1. The van der Waals surface area contributed by atoms with Crippen LogP contribution in [0.2, 0.25) is 10.0 Å². The predicted octanol–water partition coefficient (Wildman–Crippen LogP) is 5.04. The zero-order valence-corrected chi connectivity index (χ0v) is 19.1. The molecule has 4 rings (SSSR count). The molecule has 1 aliphatic heterocycles. The van der Waals surface area contributed by atoms with Gasteiger partial charge in [0.15, 0.2) is 0 Å². The lowest BCUT2D eigenvalue weighted by Gasteiger charge is -2.26. The number of carbonyl (C=O) groups is 2. The number of ketones is 1. The number of pyridine rings is 1. The summed E-state index contributed by atoms with van der Waals surface area (Å²) >= 11 is 12.4. The Morgan fingerprint density at radius 3 is 2.45 bits per heavy atom. The number of aromatic nitrogens is 1. The summed E-state index contributed by atoms with van der Waals surface area (Å²) in [6.07, 6.45) is 3.00. The maximum absolute atomic E-state index is 13.2. The molecule has 2 heterocycles. The van der Waals surface area contributed by atoms with Gasteiger partial charge < -0.3 is 14.9 Å². The van der Waals surface area contributed by atoms with E-state index in [0.717, 1.165) is 10.5 Å². The van der Waals surface area contributed by atoms with Crippen molar-refractivity contribution in [1.29, 1.82) is 0 Å². The van der Waals surface area contributed by atoms with Crippen molar-refractivity contribution in [3.05, 3.63) is 87.2 Å². The molecule has 1 fully saturated rings. The molecule has 2 aromatic carbocycles. The zero-order chi connectivity index (χ0) is 23.9. The van der Waals surface area contributed by atoms with Gasteiger partial charge in [-0.25, -0.2) is 0 Å². The van der Waals surface area contributed by atoms with Gasteiger partial charge in [0.25, 0.3) is 11.7 Å². The highest BCUT2D eigenvalue weighted by atomic mass is 35.5. The molecule has 3 aromatic rings. The fourth-order valence-corrected chi connectivity index (χ4v) is 4.43. The van der Waals surface area contributed by atoms with Crippen LogP contribution in [0.4, 0.5) is 5.69 Å². The van der Waals surface area contributed by atoms with Crippen molar-refractivity contribution in [1.82, 2.24) is 4.98 Å². The van der Waals surface area contributed by atoms with E-state index in [0.29, 0.717) is 5.56 Å². The highest BCUT2D eigenvalue weighted by Crippen LogP contribution is 2.46. The lowest BCUT2D eigenvalue weighted by molar-refractivity contribution is -0.132. The maximum atomic E-state index is 13.2. The quantitative estimate of drug-likeness (QED) is 0.305. The van der Waals surface area contributed by atoms with Crippen LogP contribution >= 0.6 is 23.2 Å². The summed E-state index contributed by atoms with van der Waals surface area (Å²) < 4.78 is 5.32. The smallest absolute Gasteiger partial charge is 0.300 e. The van der Waals surface area contributed by atoms with Crippen molar-refractivity contribution < 1.29 is 24.5 Å². The Morgan fingerprint density at radius 2 is 1.79 bits per heavy atom. The first kappa shape index (κ1) is 22.6. The van der Waals surface area contributed by atoms with Crippen molar-refractivity contribution in [3.63, 3.8) is 0 Å². The Labute approximate surface area is 199 Å². The molecule has 0 bridgehead atoms. The summed E-state index contributed by atoms with van der Waals surface area (Å²) in [5, 5.41) is 22.1. The lowest BCUT2D eigenvalue weighted by atomic mass is 9.95. The summed E-state index contributed by atoms with van der Waals surface area (Å²) in [6.45, 7) is 1.79. The first-order valence-corrected chi connectivity index (χ1v) is 10.5. The van der Waals surface area contributed by atoms with E-state index in [2.05, 4.69) is 4.98 Å². The zero-order valence-electron chi connectivity index (χ0n) is 17.5. The van der Waals surface area contributed by atoms with Crippen LogP contribution in [-0.2, 0) is 9.59 Å². The maximum Gasteiger partial charge on any atom is 0.300 e. The van der Waals surface area contributed by atoms with Crippen molar-refractivity contribution >= 4 is 46.3 Å². The topological polar surface area (TPSA) is 100.0 Å². The van der Waals surface area contributed by atoms with Gasteiger partial charge in [0, 0.05) is 17.4 Å². The Balaban J connectivity index is 2.03. The van der Waals surface area contributed by atoms with Crippen LogP contribution in [0.5, 0.6) is 11.5 Å². The van der Waals surface area contributed by atoms with E-state index in [9.17, 15) is 19.8 Å².